The van der Waals surface area contributed by atoms with E-state index in [0.717, 1.165) is 12.2 Å². The molecular weight excluding hydrogens is 343 g/mol. The molecule has 0 aliphatic heterocycles. The summed E-state index contributed by atoms with van der Waals surface area (Å²) in [6.45, 7) is 0. The van der Waals surface area contributed by atoms with Crippen LogP contribution in [-0.4, -0.2) is 49.1 Å². The molecular formula is C6H4O4Pb. The van der Waals surface area contributed by atoms with Gasteiger partial charge in [-0.1, -0.05) is 0 Å². The van der Waals surface area contributed by atoms with Crippen molar-refractivity contribution in [3.8, 4) is 0 Å². The van der Waals surface area contributed by atoms with Crippen LogP contribution in [0.25, 0.3) is 0 Å². The number of hydrogen-bond donors (Lipinski definition) is 2. The van der Waals surface area contributed by atoms with Crippen molar-refractivity contribution in [1.29, 1.82) is 0 Å². The molecule has 0 aromatic heterocycles. The molecule has 4 nitrogen and oxygen atoms in total. The quantitative estimate of drug-likeness (QED) is 0.357. The summed E-state index contributed by atoms with van der Waals surface area (Å²) in [5, 5.41) is 17.3. The molecule has 5 heteroatoms. The maximum absolute atomic E-state index is 10.5. The maximum atomic E-state index is 10.5. The second-order valence-electron chi connectivity index (χ2n) is 1.76. The van der Waals surface area contributed by atoms with E-state index in [4.69, 9.17) is 10.2 Å². The van der Waals surface area contributed by atoms with E-state index in [9.17, 15) is 9.59 Å². The van der Waals surface area contributed by atoms with Crippen LogP contribution < -0.4 is 0 Å². The summed E-state index contributed by atoms with van der Waals surface area (Å²) < 4.78 is 0. The van der Waals surface area contributed by atoms with Crippen molar-refractivity contribution in [2.75, 3.05) is 0 Å². The zero-order valence-corrected chi connectivity index (χ0v) is 9.25. The number of rotatable bonds is 0. The van der Waals surface area contributed by atoms with Gasteiger partial charge in [-0.2, -0.15) is 0 Å². The number of hydrogen-bond acceptors (Lipinski definition) is 4. The third kappa shape index (κ3) is 1.89. The van der Waals surface area contributed by atoms with E-state index in [-0.39, 0.29) is 27.3 Å². The Morgan fingerprint density at radius 2 is 1.64 bits per heavy atom. The molecule has 0 bridgehead atoms. The molecule has 2 N–H and O–H groups in total. The molecule has 1 rings (SSSR count). The number of aliphatic hydroxyl groups is 2. The standard InChI is InChI=1S/C6H4O4.Pb/c7-3-1-2-4(8)6(10)5(3)9;/h1-2,7,9H;. The Labute approximate surface area is 82.4 Å². The van der Waals surface area contributed by atoms with E-state index in [2.05, 4.69) is 0 Å². The first-order chi connectivity index (χ1) is 4.63. The number of aliphatic hydroxyl groups excluding tert-OH is 2. The predicted octanol–water partition coefficient (Wildman–Crippen LogP) is -0.359. The molecule has 0 unspecified atom stereocenters. The zero-order valence-electron chi connectivity index (χ0n) is 5.37. The van der Waals surface area contributed by atoms with Crippen LogP contribution in [-0.2, 0) is 9.59 Å². The first kappa shape index (κ1) is 10.3. The molecule has 1 aliphatic rings. The fraction of sp³-hybridized carbons (Fsp3) is 0. The van der Waals surface area contributed by atoms with Crippen LogP contribution in [0.4, 0.5) is 0 Å². The smallest absolute Gasteiger partial charge is 0.271 e. The Bertz CT molecular complexity index is 264. The molecule has 0 heterocycles. The van der Waals surface area contributed by atoms with E-state index >= 15 is 0 Å². The summed E-state index contributed by atoms with van der Waals surface area (Å²) in [4.78, 5) is 20.9. The summed E-state index contributed by atoms with van der Waals surface area (Å²) in [6, 6.07) is 0. The van der Waals surface area contributed by atoms with Gasteiger partial charge in [-0.25, -0.2) is 0 Å². The molecule has 0 atom stereocenters. The number of ketones is 2. The first-order valence-corrected chi connectivity index (χ1v) is 2.52. The normalized spacial score (nSPS) is 16.7. The van der Waals surface area contributed by atoms with Gasteiger partial charge in [0.05, 0.1) is 0 Å². The van der Waals surface area contributed by atoms with Gasteiger partial charge in [-0.05, 0) is 12.2 Å². The molecule has 4 radical (unpaired) electrons. The van der Waals surface area contributed by atoms with Gasteiger partial charge in [0, 0.05) is 27.3 Å². The van der Waals surface area contributed by atoms with Gasteiger partial charge < -0.3 is 10.2 Å². The van der Waals surface area contributed by atoms with E-state index < -0.39 is 23.1 Å². The fourth-order valence-electron chi connectivity index (χ4n) is 0.542. The summed E-state index contributed by atoms with van der Waals surface area (Å²) in [5.74, 6) is -3.34. The number of allylic oxidation sites excluding steroid dienone is 3. The van der Waals surface area contributed by atoms with Crippen LogP contribution in [0.3, 0.4) is 0 Å². The van der Waals surface area contributed by atoms with E-state index in [1.54, 1.807) is 0 Å². The molecule has 0 spiro atoms. The van der Waals surface area contributed by atoms with Crippen molar-refractivity contribution in [3.63, 3.8) is 0 Å². The van der Waals surface area contributed by atoms with Crippen LogP contribution in [0.15, 0.2) is 23.7 Å². The van der Waals surface area contributed by atoms with Gasteiger partial charge >= 0.3 is 0 Å². The molecule has 56 valence electrons. The topological polar surface area (TPSA) is 74.6 Å². The third-order valence-electron chi connectivity index (χ3n) is 1.07. The Morgan fingerprint density at radius 3 is 2.09 bits per heavy atom. The largest absolute Gasteiger partial charge is 0.504 e. The van der Waals surface area contributed by atoms with Gasteiger partial charge in [-0.3, -0.25) is 9.59 Å². The van der Waals surface area contributed by atoms with Gasteiger partial charge in [-0.15, -0.1) is 0 Å². The van der Waals surface area contributed by atoms with Crippen molar-refractivity contribution in [2.45, 2.75) is 0 Å². The van der Waals surface area contributed by atoms with E-state index in [0.29, 0.717) is 0 Å². The molecule has 0 aromatic carbocycles. The molecule has 0 aromatic rings. The maximum Gasteiger partial charge on any atom is 0.271 e. The average Bonchev–Trinajstić information content (AvgIpc) is 1.93. The van der Waals surface area contributed by atoms with Gasteiger partial charge in [0.15, 0.2) is 5.76 Å². The van der Waals surface area contributed by atoms with Gasteiger partial charge in [0.25, 0.3) is 5.78 Å². The minimum Gasteiger partial charge on any atom is -0.504 e. The molecule has 0 amide bonds. The van der Waals surface area contributed by atoms with Gasteiger partial charge in [0.2, 0.25) is 11.5 Å². The average molecular weight is 347 g/mol. The molecule has 0 saturated carbocycles. The summed E-state index contributed by atoms with van der Waals surface area (Å²) >= 11 is 0. The van der Waals surface area contributed by atoms with Crippen molar-refractivity contribution < 1.29 is 19.8 Å². The third-order valence-corrected chi connectivity index (χ3v) is 1.07. The zero-order chi connectivity index (χ0) is 7.72. The van der Waals surface area contributed by atoms with Gasteiger partial charge in [0.1, 0.15) is 0 Å². The van der Waals surface area contributed by atoms with Crippen molar-refractivity contribution in [3.05, 3.63) is 23.7 Å². The summed E-state index contributed by atoms with van der Waals surface area (Å²) in [7, 11) is 0. The van der Waals surface area contributed by atoms with Crippen molar-refractivity contribution in [1.82, 2.24) is 0 Å². The van der Waals surface area contributed by atoms with E-state index in [1.165, 1.54) is 0 Å². The monoisotopic (exact) mass is 348 g/mol. The van der Waals surface area contributed by atoms with E-state index in [1.807, 2.05) is 0 Å². The second-order valence-corrected chi connectivity index (χ2v) is 1.76. The molecule has 11 heavy (non-hydrogen) atoms. The minimum absolute atomic E-state index is 0. The van der Waals surface area contributed by atoms with Crippen LogP contribution in [0, 0.1) is 0 Å². The minimum atomic E-state index is -1.07. The summed E-state index contributed by atoms with van der Waals surface area (Å²) in [6.07, 6.45) is 1.87. The second kappa shape index (κ2) is 3.65. The number of carbonyl (C=O) groups excluding carboxylic acids is 2. The van der Waals surface area contributed by atoms with Crippen LogP contribution in [0.1, 0.15) is 0 Å². The number of carbonyl (C=O) groups is 2. The van der Waals surface area contributed by atoms with Crippen molar-refractivity contribution in [2.24, 2.45) is 0 Å². The van der Waals surface area contributed by atoms with Crippen molar-refractivity contribution >= 4 is 38.9 Å². The van der Waals surface area contributed by atoms with Crippen LogP contribution in [0.5, 0.6) is 0 Å². The Balaban J connectivity index is 0.000001000. The first-order valence-electron chi connectivity index (χ1n) is 2.52. The fourth-order valence-corrected chi connectivity index (χ4v) is 0.542. The number of Topliss-reactive ketones (excluding diaryl/α,β-unsaturated/α-hetero) is 1. The molecule has 0 saturated heterocycles. The SMILES string of the molecule is O=C1C=CC(O)=C(O)C1=O.[Pb]. The molecule has 1 aliphatic carbocycles. The Morgan fingerprint density at radius 1 is 1.09 bits per heavy atom. The van der Waals surface area contributed by atoms with Crippen LogP contribution in [0.2, 0.25) is 0 Å². The Hall–Kier alpha value is -0.658. The molecule has 0 fully saturated rings. The Kier molecular flexibility index (Phi) is 3.43. The van der Waals surface area contributed by atoms with Crippen LogP contribution >= 0.6 is 0 Å². The summed E-state index contributed by atoms with van der Waals surface area (Å²) in [5.41, 5.74) is 0. The predicted molar refractivity (Wildman–Crippen MR) is 37.2 cm³/mol.